The van der Waals surface area contributed by atoms with Crippen LogP contribution in [0.15, 0.2) is 54.6 Å². The predicted octanol–water partition coefficient (Wildman–Crippen LogP) is 2.75. The third kappa shape index (κ3) is 6.02. The Bertz CT molecular complexity index is 676. The highest BCUT2D eigenvalue weighted by Crippen LogP contribution is 2.19. The number of carbonyl (C=O) groups excluding carboxylic acids is 1. The first-order chi connectivity index (χ1) is 12.3. The molecule has 140 valence electrons. The number of ether oxygens (including phenoxy) is 2. The van der Waals surface area contributed by atoms with Crippen LogP contribution in [0.2, 0.25) is 0 Å². The maximum absolute atomic E-state index is 12.5. The summed E-state index contributed by atoms with van der Waals surface area (Å²) in [5, 5.41) is 2.98. The van der Waals surface area contributed by atoms with E-state index in [1.807, 2.05) is 48.5 Å². The van der Waals surface area contributed by atoms with Crippen molar-refractivity contribution in [3.63, 3.8) is 0 Å². The zero-order valence-corrected chi connectivity index (χ0v) is 15.5. The molecule has 1 aliphatic rings. The summed E-state index contributed by atoms with van der Waals surface area (Å²) in [4.78, 5) is 14.8. The van der Waals surface area contributed by atoms with Crippen molar-refractivity contribution in [1.82, 2.24) is 10.2 Å². The second kappa shape index (κ2) is 10.8. The van der Waals surface area contributed by atoms with Crippen molar-refractivity contribution >= 4 is 18.3 Å². The maximum atomic E-state index is 12.5. The number of carbonyl (C=O) groups is 1. The summed E-state index contributed by atoms with van der Waals surface area (Å²) in [6, 6.07) is 17.3. The van der Waals surface area contributed by atoms with Crippen molar-refractivity contribution < 1.29 is 14.3 Å². The van der Waals surface area contributed by atoms with Crippen LogP contribution in [0.3, 0.4) is 0 Å². The molecule has 26 heavy (non-hydrogen) atoms. The molecule has 1 amide bonds. The molecule has 0 aliphatic carbocycles. The minimum absolute atomic E-state index is 0. The molecule has 6 heteroatoms. The van der Waals surface area contributed by atoms with Gasteiger partial charge in [-0.1, -0.05) is 42.5 Å². The summed E-state index contributed by atoms with van der Waals surface area (Å²) in [5.74, 6) is 0.507. The van der Waals surface area contributed by atoms with E-state index in [4.69, 9.17) is 9.47 Å². The van der Waals surface area contributed by atoms with Crippen LogP contribution < -0.4 is 10.1 Å². The van der Waals surface area contributed by atoms with Crippen LogP contribution in [0.1, 0.15) is 15.9 Å². The number of nitrogens with one attached hydrogen (secondary N) is 1. The lowest BCUT2D eigenvalue weighted by atomic mass is 10.2. The van der Waals surface area contributed by atoms with Gasteiger partial charge in [-0.05, 0) is 17.7 Å². The minimum Gasteiger partial charge on any atom is -0.488 e. The molecule has 1 aliphatic heterocycles. The first-order valence-corrected chi connectivity index (χ1v) is 8.67. The van der Waals surface area contributed by atoms with Crippen molar-refractivity contribution in [1.29, 1.82) is 0 Å². The number of morpholine rings is 1. The van der Waals surface area contributed by atoms with Gasteiger partial charge in [0.15, 0.2) is 0 Å². The second-order valence-electron chi connectivity index (χ2n) is 5.98. The number of benzene rings is 2. The summed E-state index contributed by atoms with van der Waals surface area (Å²) < 4.78 is 11.2. The van der Waals surface area contributed by atoms with E-state index in [9.17, 15) is 4.79 Å². The van der Waals surface area contributed by atoms with Crippen molar-refractivity contribution in [2.24, 2.45) is 0 Å². The maximum Gasteiger partial charge on any atom is 0.255 e. The lowest BCUT2D eigenvalue weighted by Gasteiger charge is -2.26. The topological polar surface area (TPSA) is 50.8 Å². The van der Waals surface area contributed by atoms with E-state index in [-0.39, 0.29) is 18.3 Å². The highest BCUT2D eigenvalue weighted by atomic mass is 35.5. The highest BCUT2D eigenvalue weighted by molar-refractivity contribution is 5.96. The quantitative estimate of drug-likeness (QED) is 0.807. The Balaban J connectivity index is 0.00000243. The Morgan fingerprint density at radius 2 is 1.73 bits per heavy atom. The van der Waals surface area contributed by atoms with Gasteiger partial charge in [-0.3, -0.25) is 9.69 Å². The Kier molecular flexibility index (Phi) is 8.41. The molecule has 0 radical (unpaired) electrons. The molecule has 1 heterocycles. The number of hydrogen-bond donors (Lipinski definition) is 1. The normalized spacial score (nSPS) is 14.3. The first-order valence-electron chi connectivity index (χ1n) is 8.67. The van der Waals surface area contributed by atoms with Gasteiger partial charge in [-0.15, -0.1) is 12.4 Å². The summed E-state index contributed by atoms with van der Waals surface area (Å²) in [7, 11) is 0. The van der Waals surface area contributed by atoms with Crippen molar-refractivity contribution in [2.75, 3.05) is 39.4 Å². The van der Waals surface area contributed by atoms with Gasteiger partial charge in [0.1, 0.15) is 12.4 Å². The zero-order chi connectivity index (χ0) is 17.3. The van der Waals surface area contributed by atoms with Gasteiger partial charge >= 0.3 is 0 Å². The average Bonchev–Trinajstić information content (AvgIpc) is 2.68. The van der Waals surface area contributed by atoms with Gasteiger partial charge in [0, 0.05) is 26.2 Å². The van der Waals surface area contributed by atoms with Gasteiger partial charge in [0.2, 0.25) is 0 Å². The van der Waals surface area contributed by atoms with Crippen molar-refractivity contribution in [2.45, 2.75) is 6.61 Å². The third-order valence-corrected chi connectivity index (χ3v) is 4.19. The molecule has 1 saturated heterocycles. The van der Waals surface area contributed by atoms with Crippen LogP contribution in [0.4, 0.5) is 0 Å². The van der Waals surface area contributed by atoms with Gasteiger partial charge in [0.05, 0.1) is 18.8 Å². The fraction of sp³-hybridized carbons (Fsp3) is 0.350. The molecule has 2 aromatic carbocycles. The smallest absolute Gasteiger partial charge is 0.255 e. The monoisotopic (exact) mass is 376 g/mol. The molecular weight excluding hydrogens is 352 g/mol. The van der Waals surface area contributed by atoms with E-state index in [0.29, 0.717) is 24.5 Å². The summed E-state index contributed by atoms with van der Waals surface area (Å²) in [5.41, 5.74) is 1.64. The summed E-state index contributed by atoms with van der Waals surface area (Å²) in [6.45, 7) is 5.28. The molecule has 1 fully saturated rings. The van der Waals surface area contributed by atoms with Gasteiger partial charge in [0.25, 0.3) is 5.91 Å². The fourth-order valence-corrected chi connectivity index (χ4v) is 2.76. The molecule has 0 unspecified atom stereocenters. The number of hydrogen-bond acceptors (Lipinski definition) is 4. The Morgan fingerprint density at radius 1 is 1.04 bits per heavy atom. The number of rotatable bonds is 7. The lowest BCUT2D eigenvalue weighted by Crippen LogP contribution is -2.41. The number of halogens is 1. The Morgan fingerprint density at radius 3 is 2.50 bits per heavy atom. The fourth-order valence-electron chi connectivity index (χ4n) is 2.76. The molecular formula is C20H25ClN2O3. The molecule has 0 atom stereocenters. The minimum atomic E-state index is -0.100. The van der Waals surface area contributed by atoms with E-state index in [2.05, 4.69) is 10.2 Å². The molecule has 0 bridgehead atoms. The van der Waals surface area contributed by atoms with E-state index in [1.54, 1.807) is 6.07 Å². The van der Waals surface area contributed by atoms with Gasteiger partial charge in [-0.2, -0.15) is 0 Å². The molecule has 3 rings (SSSR count). The average molecular weight is 377 g/mol. The van der Waals surface area contributed by atoms with Crippen LogP contribution in [0.25, 0.3) is 0 Å². The van der Waals surface area contributed by atoms with Gasteiger partial charge in [-0.25, -0.2) is 0 Å². The number of nitrogens with zero attached hydrogens (tertiary/aromatic N) is 1. The standard InChI is InChI=1S/C20H24N2O3.ClH/c23-20(21-10-11-22-12-14-24-15-13-22)18-8-4-5-9-19(18)25-16-17-6-2-1-3-7-17;/h1-9H,10-16H2,(H,21,23);1H. The molecule has 5 nitrogen and oxygen atoms in total. The van der Waals surface area contributed by atoms with Crippen molar-refractivity contribution in [3.05, 3.63) is 65.7 Å². The van der Waals surface area contributed by atoms with Crippen LogP contribution in [0, 0.1) is 0 Å². The lowest BCUT2D eigenvalue weighted by molar-refractivity contribution is 0.0383. The zero-order valence-electron chi connectivity index (χ0n) is 14.7. The third-order valence-electron chi connectivity index (χ3n) is 4.19. The Labute approximate surface area is 160 Å². The second-order valence-corrected chi connectivity index (χ2v) is 5.98. The molecule has 0 saturated carbocycles. The predicted molar refractivity (Wildman–Crippen MR) is 104 cm³/mol. The van der Waals surface area contributed by atoms with Gasteiger partial charge < -0.3 is 14.8 Å². The molecule has 2 aromatic rings. The molecule has 0 aromatic heterocycles. The van der Waals surface area contributed by atoms with E-state index >= 15 is 0 Å². The first kappa shape index (κ1) is 20.2. The van der Waals surface area contributed by atoms with Crippen LogP contribution in [-0.4, -0.2) is 50.2 Å². The number of amides is 1. The largest absolute Gasteiger partial charge is 0.488 e. The van der Waals surface area contributed by atoms with Crippen LogP contribution >= 0.6 is 12.4 Å². The number of para-hydroxylation sites is 1. The van der Waals surface area contributed by atoms with Crippen LogP contribution in [-0.2, 0) is 11.3 Å². The summed E-state index contributed by atoms with van der Waals surface area (Å²) >= 11 is 0. The molecule has 1 N–H and O–H groups in total. The van der Waals surface area contributed by atoms with E-state index < -0.39 is 0 Å². The van der Waals surface area contributed by atoms with Crippen molar-refractivity contribution in [3.8, 4) is 5.75 Å². The summed E-state index contributed by atoms with van der Waals surface area (Å²) in [6.07, 6.45) is 0. The Hall–Kier alpha value is -2.08. The van der Waals surface area contributed by atoms with E-state index in [1.165, 1.54) is 0 Å². The van der Waals surface area contributed by atoms with E-state index in [0.717, 1.165) is 38.4 Å². The molecule has 0 spiro atoms. The highest BCUT2D eigenvalue weighted by Gasteiger charge is 2.14. The SMILES string of the molecule is Cl.O=C(NCCN1CCOCC1)c1ccccc1OCc1ccccc1. The van der Waals surface area contributed by atoms with Crippen LogP contribution in [0.5, 0.6) is 5.75 Å².